The lowest BCUT2D eigenvalue weighted by atomic mass is 10.1. The largest absolute Gasteiger partial charge is 0.443 e. The van der Waals surface area contributed by atoms with E-state index >= 15 is 0 Å². The molecule has 0 saturated heterocycles. The molecule has 19 heavy (non-hydrogen) atoms. The number of ether oxygens (including phenoxy) is 1. The summed E-state index contributed by atoms with van der Waals surface area (Å²) in [4.78, 5) is 22.0. The first kappa shape index (κ1) is 12.2. The van der Waals surface area contributed by atoms with Gasteiger partial charge in [-0.15, -0.1) is 0 Å². The van der Waals surface area contributed by atoms with Crippen LogP contribution in [0.2, 0.25) is 0 Å². The normalized spacial score (nSPS) is 20.5. The zero-order chi connectivity index (χ0) is 13.5. The van der Waals surface area contributed by atoms with E-state index in [2.05, 4.69) is 0 Å². The Hall–Kier alpha value is -1.90. The standard InChI is InChI=1S/C14H11O4P/c15-13-11-8-4-5-9-12(11)14(18-13)19(16,17)10-6-2-1-3-7-10/h1-9,14H,(H,16,17). The van der Waals surface area contributed by atoms with Crippen molar-refractivity contribution >= 4 is 18.6 Å². The Bertz CT molecular complexity index is 681. The van der Waals surface area contributed by atoms with Crippen LogP contribution in [0.15, 0.2) is 54.6 Å². The van der Waals surface area contributed by atoms with Gasteiger partial charge < -0.3 is 9.63 Å². The van der Waals surface area contributed by atoms with E-state index < -0.39 is 19.2 Å². The average molecular weight is 274 g/mol. The number of hydrogen-bond donors (Lipinski definition) is 1. The van der Waals surface area contributed by atoms with Gasteiger partial charge in [-0.2, -0.15) is 0 Å². The van der Waals surface area contributed by atoms with Crippen molar-refractivity contribution in [3.63, 3.8) is 0 Å². The molecular weight excluding hydrogens is 263 g/mol. The third-order valence-corrected chi connectivity index (χ3v) is 5.17. The maximum absolute atomic E-state index is 12.6. The Kier molecular flexibility index (Phi) is 2.77. The van der Waals surface area contributed by atoms with Crippen LogP contribution in [0.3, 0.4) is 0 Å². The van der Waals surface area contributed by atoms with Gasteiger partial charge in [-0.1, -0.05) is 36.4 Å². The summed E-state index contributed by atoms with van der Waals surface area (Å²) in [7, 11) is -3.81. The van der Waals surface area contributed by atoms with E-state index in [0.29, 0.717) is 11.1 Å². The van der Waals surface area contributed by atoms with Gasteiger partial charge in [-0.3, -0.25) is 4.57 Å². The van der Waals surface area contributed by atoms with Crippen molar-refractivity contribution in [3.8, 4) is 0 Å². The molecule has 2 aromatic carbocycles. The molecule has 1 heterocycles. The van der Waals surface area contributed by atoms with Gasteiger partial charge in [0.25, 0.3) is 7.37 Å². The van der Waals surface area contributed by atoms with Crippen LogP contribution in [0, 0.1) is 0 Å². The third kappa shape index (κ3) is 1.89. The fourth-order valence-corrected chi connectivity index (χ4v) is 3.87. The predicted molar refractivity (Wildman–Crippen MR) is 70.5 cm³/mol. The zero-order valence-electron chi connectivity index (χ0n) is 9.89. The van der Waals surface area contributed by atoms with Crippen molar-refractivity contribution in [2.24, 2.45) is 0 Å². The molecule has 0 saturated carbocycles. The minimum absolute atomic E-state index is 0.282. The SMILES string of the molecule is O=C1OC(P(=O)(O)c2ccccc2)c2ccccc21. The number of cyclic esters (lactones) is 1. The highest BCUT2D eigenvalue weighted by atomic mass is 31.2. The molecule has 0 bridgehead atoms. The first-order valence-electron chi connectivity index (χ1n) is 5.79. The molecule has 1 N–H and O–H groups in total. The molecule has 96 valence electrons. The molecule has 0 fully saturated rings. The quantitative estimate of drug-likeness (QED) is 0.675. The molecule has 2 aromatic rings. The van der Waals surface area contributed by atoms with Crippen molar-refractivity contribution in [1.82, 2.24) is 0 Å². The first-order valence-corrected chi connectivity index (χ1v) is 7.51. The maximum atomic E-state index is 12.6. The Morgan fingerprint density at radius 1 is 1.00 bits per heavy atom. The topological polar surface area (TPSA) is 63.6 Å². The van der Waals surface area contributed by atoms with Crippen molar-refractivity contribution in [2.75, 3.05) is 0 Å². The van der Waals surface area contributed by atoms with Crippen LogP contribution in [0.5, 0.6) is 0 Å². The van der Waals surface area contributed by atoms with Gasteiger partial charge in [-0.05, 0) is 18.2 Å². The lowest BCUT2D eigenvalue weighted by Crippen LogP contribution is -2.11. The summed E-state index contributed by atoms with van der Waals surface area (Å²) in [5.41, 5.74) is 0.833. The molecule has 4 nitrogen and oxygen atoms in total. The summed E-state index contributed by atoms with van der Waals surface area (Å²) in [6, 6.07) is 14.9. The maximum Gasteiger partial charge on any atom is 0.339 e. The fraction of sp³-hybridized carbons (Fsp3) is 0.0714. The molecule has 2 atom stereocenters. The number of carbonyl (C=O) groups is 1. The highest BCUT2D eigenvalue weighted by molar-refractivity contribution is 7.66. The van der Waals surface area contributed by atoms with Crippen LogP contribution < -0.4 is 5.30 Å². The average Bonchev–Trinajstić information content (AvgIpc) is 2.79. The Morgan fingerprint density at radius 2 is 1.63 bits per heavy atom. The van der Waals surface area contributed by atoms with E-state index in [-0.39, 0.29) is 5.30 Å². The summed E-state index contributed by atoms with van der Waals surface area (Å²) in [5.74, 6) is -1.66. The van der Waals surface area contributed by atoms with Crippen molar-refractivity contribution < 1.29 is 19.0 Å². The molecule has 1 aliphatic rings. The van der Waals surface area contributed by atoms with Crippen LogP contribution in [0.4, 0.5) is 0 Å². The minimum atomic E-state index is -3.81. The second-order valence-corrected chi connectivity index (χ2v) is 6.53. The second-order valence-electron chi connectivity index (χ2n) is 4.30. The molecule has 0 spiro atoms. The van der Waals surface area contributed by atoms with Crippen molar-refractivity contribution in [1.29, 1.82) is 0 Å². The number of rotatable bonds is 2. The van der Waals surface area contributed by atoms with Crippen LogP contribution in [-0.2, 0) is 9.30 Å². The molecular formula is C14H11O4P. The van der Waals surface area contributed by atoms with Crippen LogP contribution >= 0.6 is 7.37 Å². The van der Waals surface area contributed by atoms with Crippen molar-refractivity contribution in [3.05, 3.63) is 65.7 Å². The van der Waals surface area contributed by atoms with E-state index in [1.54, 1.807) is 54.6 Å². The molecule has 0 aliphatic carbocycles. The summed E-state index contributed by atoms with van der Waals surface area (Å²) in [5, 5.41) is 0.282. The lowest BCUT2D eigenvalue weighted by Gasteiger charge is -2.18. The smallest absolute Gasteiger partial charge is 0.339 e. The lowest BCUT2D eigenvalue weighted by molar-refractivity contribution is 0.0495. The van der Waals surface area contributed by atoms with Crippen LogP contribution in [0.1, 0.15) is 21.8 Å². The summed E-state index contributed by atoms with van der Waals surface area (Å²) in [6.45, 7) is 0. The van der Waals surface area contributed by atoms with Gasteiger partial charge in [0, 0.05) is 10.9 Å². The number of benzene rings is 2. The highest BCUT2D eigenvalue weighted by Crippen LogP contribution is 2.58. The summed E-state index contributed by atoms with van der Waals surface area (Å²) < 4.78 is 17.7. The Labute approximate surface area is 110 Å². The van der Waals surface area contributed by atoms with E-state index in [9.17, 15) is 14.3 Å². The Balaban J connectivity index is 2.10. The number of hydrogen-bond acceptors (Lipinski definition) is 3. The van der Waals surface area contributed by atoms with Gasteiger partial charge in [-0.25, -0.2) is 4.79 Å². The number of esters is 1. The monoisotopic (exact) mass is 274 g/mol. The van der Waals surface area contributed by atoms with Gasteiger partial charge in [0.1, 0.15) is 0 Å². The number of fused-ring (bicyclic) bond motifs is 1. The van der Waals surface area contributed by atoms with Gasteiger partial charge in [0.05, 0.1) is 5.56 Å². The first-order chi connectivity index (χ1) is 9.10. The minimum Gasteiger partial charge on any atom is -0.443 e. The van der Waals surface area contributed by atoms with Gasteiger partial charge >= 0.3 is 5.97 Å². The second kappa shape index (κ2) is 4.34. The van der Waals surface area contributed by atoms with E-state index in [4.69, 9.17) is 4.74 Å². The zero-order valence-corrected chi connectivity index (χ0v) is 10.8. The molecule has 2 unspecified atom stereocenters. The van der Waals surface area contributed by atoms with Gasteiger partial charge in [0.15, 0.2) is 0 Å². The van der Waals surface area contributed by atoms with Gasteiger partial charge in [0.2, 0.25) is 5.85 Å². The fourth-order valence-electron chi connectivity index (χ4n) is 2.16. The third-order valence-electron chi connectivity index (χ3n) is 3.11. The van der Waals surface area contributed by atoms with E-state index in [1.165, 1.54) is 0 Å². The molecule has 0 aromatic heterocycles. The predicted octanol–water partition coefficient (Wildman–Crippen LogP) is 2.45. The molecule has 3 rings (SSSR count). The number of carbonyl (C=O) groups excluding carboxylic acids is 1. The van der Waals surface area contributed by atoms with Crippen LogP contribution in [0.25, 0.3) is 0 Å². The summed E-state index contributed by atoms with van der Waals surface area (Å²) >= 11 is 0. The van der Waals surface area contributed by atoms with Crippen molar-refractivity contribution in [2.45, 2.75) is 5.85 Å². The molecule has 0 radical (unpaired) electrons. The van der Waals surface area contributed by atoms with E-state index in [0.717, 1.165) is 0 Å². The van der Waals surface area contributed by atoms with Crippen LogP contribution in [-0.4, -0.2) is 10.9 Å². The highest BCUT2D eigenvalue weighted by Gasteiger charge is 2.44. The molecule has 0 amide bonds. The molecule has 1 aliphatic heterocycles. The summed E-state index contributed by atoms with van der Waals surface area (Å²) in [6.07, 6.45) is 0. The Morgan fingerprint density at radius 3 is 2.37 bits per heavy atom. The van der Waals surface area contributed by atoms with E-state index in [1.807, 2.05) is 0 Å². The molecule has 5 heteroatoms.